The van der Waals surface area contributed by atoms with Crippen molar-refractivity contribution in [1.82, 2.24) is 9.55 Å². The predicted octanol–water partition coefficient (Wildman–Crippen LogP) is 5.69. The Labute approximate surface area is 131 Å². The van der Waals surface area contributed by atoms with E-state index in [1.807, 2.05) is 6.92 Å². The van der Waals surface area contributed by atoms with Gasteiger partial charge in [-0.25, -0.2) is 9.37 Å². The number of hydrogen-bond acceptors (Lipinski definition) is 1. The number of unbranched alkanes of at least 4 members (excludes halogenated alkanes) is 1. The minimum atomic E-state index is -0.223. The molecule has 0 aliphatic rings. The number of rotatable bonds is 7. The van der Waals surface area contributed by atoms with Gasteiger partial charge in [0.05, 0.1) is 16.4 Å². The normalized spacial score (nSPS) is 14.5. The number of halogens is 2. The molecule has 1 aromatic carbocycles. The van der Waals surface area contributed by atoms with Crippen LogP contribution in [-0.4, -0.2) is 9.55 Å². The molecule has 2 atom stereocenters. The molecule has 2 nitrogen and oxygen atoms in total. The van der Waals surface area contributed by atoms with Crippen LogP contribution in [0.2, 0.25) is 0 Å². The van der Waals surface area contributed by atoms with Gasteiger partial charge >= 0.3 is 0 Å². The highest BCUT2D eigenvalue weighted by molar-refractivity contribution is 6.20. The fourth-order valence-electron chi connectivity index (χ4n) is 2.79. The van der Waals surface area contributed by atoms with Crippen LogP contribution in [0.1, 0.15) is 57.7 Å². The first kappa shape index (κ1) is 16.3. The van der Waals surface area contributed by atoms with Crippen molar-refractivity contribution in [2.24, 2.45) is 5.92 Å². The summed E-state index contributed by atoms with van der Waals surface area (Å²) in [6.45, 7) is 7.20. The van der Waals surface area contributed by atoms with Crippen molar-refractivity contribution in [3.63, 3.8) is 0 Å². The zero-order chi connectivity index (χ0) is 15.4. The first-order valence-corrected chi connectivity index (χ1v) is 8.30. The summed E-state index contributed by atoms with van der Waals surface area (Å²) in [7, 11) is 0. The Hall–Kier alpha value is -1.09. The third-order valence-corrected chi connectivity index (χ3v) is 4.27. The summed E-state index contributed by atoms with van der Waals surface area (Å²) in [6.07, 6.45) is 4.74. The molecular formula is C17H24ClFN2. The molecule has 116 valence electrons. The van der Waals surface area contributed by atoms with E-state index in [-0.39, 0.29) is 11.2 Å². The fourth-order valence-corrected chi connectivity index (χ4v) is 2.95. The Bertz CT molecular complexity index is 592. The molecule has 0 aliphatic carbocycles. The molecule has 0 saturated carbocycles. The van der Waals surface area contributed by atoms with Gasteiger partial charge in [0.15, 0.2) is 0 Å². The van der Waals surface area contributed by atoms with Gasteiger partial charge < -0.3 is 4.57 Å². The van der Waals surface area contributed by atoms with Gasteiger partial charge in [-0.2, -0.15) is 0 Å². The van der Waals surface area contributed by atoms with Gasteiger partial charge in [0.2, 0.25) is 0 Å². The van der Waals surface area contributed by atoms with E-state index >= 15 is 0 Å². The average molecular weight is 311 g/mol. The van der Waals surface area contributed by atoms with Gasteiger partial charge in [-0.15, -0.1) is 11.6 Å². The molecule has 1 heterocycles. The van der Waals surface area contributed by atoms with Crippen LogP contribution >= 0.6 is 11.6 Å². The van der Waals surface area contributed by atoms with Crippen LogP contribution in [-0.2, 0) is 6.54 Å². The van der Waals surface area contributed by atoms with Gasteiger partial charge in [-0.3, -0.25) is 0 Å². The molecule has 2 unspecified atom stereocenters. The molecule has 0 N–H and O–H groups in total. The first-order chi connectivity index (χ1) is 10.1. The van der Waals surface area contributed by atoms with E-state index in [9.17, 15) is 4.39 Å². The van der Waals surface area contributed by atoms with Crippen molar-refractivity contribution < 1.29 is 4.39 Å². The number of hydrogen-bond donors (Lipinski definition) is 0. The van der Waals surface area contributed by atoms with Gasteiger partial charge in [-0.05, 0) is 37.5 Å². The Morgan fingerprint density at radius 1 is 1.33 bits per heavy atom. The Balaban J connectivity index is 2.39. The zero-order valence-corrected chi connectivity index (χ0v) is 13.8. The van der Waals surface area contributed by atoms with Crippen LogP contribution < -0.4 is 0 Å². The Morgan fingerprint density at radius 3 is 2.71 bits per heavy atom. The van der Waals surface area contributed by atoms with Crippen LogP contribution in [0.4, 0.5) is 4.39 Å². The van der Waals surface area contributed by atoms with Crippen molar-refractivity contribution in [1.29, 1.82) is 0 Å². The number of imidazole rings is 1. The molecular weight excluding hydrogens is 287 g/mol. The van der Waals surface area contributed by atoms with E-state index in [0.29, 0.717) is 5.92 Å². The predicted molar refractivity (Wildman–Crippen MR) is 87.3 cm³/mol. The quantitative estimate of drug-likeness (QED) is 0.600. The van der Waals surface area contributed by atoms with Crippen molar-refractivity contribution >= 4 is 22.6 Å². The summed E-state index contributed by atoms with van der Waals surface area (Å²) >= 11 is 6.27. The maximum absolute atomic E-state index is 13.6. The topological polar surface area (TPSA) is 17.8 Å². The number of aromatic nitrogens is 2. The van der Waals surface area contributed by atoms with Gasteiger partial charge in [-0.1, -0.05) is 33.1 Å². The molecule has 0 aliphatic heterocycles. The van der Waals surface area contributed by atoms with Crippen molar-refractivity contribution in [3.05, 3.63) is 29.8 Å². The lowest BCUT2D eigenvalue weighted by atomic mass is 9.99. The number of fused-ring (bicyclic) bond motifs is 1. The second kappa shape index (κ2) is 7.26. The second-order valence-corrected chi connectivity index (χ2v) is 6.40. The largest absolute Gasteiger partial charge is 0.326 e. The molecule has 0 amide bonds. The fraction of sp³-hybridized carbons (Fsp3) is 0.588. The van der Waals surface area contributed by atoms with E-state index in [1.165, 1.54) is 25.3 Å². The van der Waals surface area contributed by atoms with Crippen molar-refractivity contribution in [3.8, 4) is 0 Å². The maximum Gasteiger partial charge on any atom is 0.127 e. The minimum absolute atomic E-state index is 0.177. The monoisotopic (exact) mass is 310 g/mol. The lowest BCUT2D eigenvalue weighted by Crippen LogP contribution is -2.13. The van der Waals surface area contributed by atoms with Gasteiger partial charge in [0.25, 0.3) is 0 Å². The summed E-state index contributed by atoms with van der Waals surface area (Å²) < 4.78 is 15.7. The lowest BCUT2D eigenvalue weighted by molar-refractivity contribution is 0.389. The first-order valence-electron chi connectivity index (χ1n) is 7.86. The average Bonchev–Trinajstić information content (AvgIpc) is 2.81. The summed E-state index contributed by atoms with van der Waals surface area (Å²) in [5.41, 5.74) is 1.68. The standard InChI is InChI=1S/C17H24ClFN2/c1-4-6-7-13(5-2)11-21-16-10-14(19)8-9-15(16)20-17(21)12(3)18/h8-10,12-13H,4-7,11H2,1-3H3. The Kier molecular flexibility index (Phi) is 5.63. The summed E-state index contributed by atoms with van der Waals surface area (Å²) in [4.78, 5) is 4.59. The molecule has 0 bridgehead atoms. The van der Waals surface area contributed by atoms with Crippen molar-refractivity contribution in [2.45, 2.75) is 58.4 Å². The number of benzene rings is 1. The van der Waals surface area contributed by atoms with Gasteiger partial charge in [0, 0.05) is 6.54 Å². The van der Waals surface area contributed by atoms with Crippen molar-refractivity contribution in [2.75, 3.05) is 0 Å². The molecule has 21 heavy (non-hydrogen) atoms. The molecule has 4 heteroatoms. The van der Waals surface area contributed by atoms with Crippen LogP contribution in [0.3, 0.4) is 0 Å². The summed E-state index contributed by atoms with van der Waals surface area (Å²) in [5, 5.41) is -0.177. The molecule has 0 spiro atoms. The van der Waals surface area contributed by atoms with E-state index in [1.54, 1.807) is 12.1 Å². The maximum atomic E-state index is 13.6. The molecule has 2 aromatic rings. The lowest BCUT2D eigenvalue weighted by Gasteiger charge is -2.18. The summed E-state index contributed by atoms with van der Waals surface area (Å²) in [5.74, 6) is 1.20. The smallest absolute Gasteiger partial charge is 0.127 e. The minimum Gasteiger partial charge on any atom is -0.326 e. The van der Waals surface area contributed by atoms with Crippen LogP contribution in [0.15, 0.2) is 18.2 Å². The van der Waals surface area contributed by atoms with E-state index in [4.69, 9.17) is 11.6 Å². The SMILES string of the molecule is CCCCC(CC)Cn1c(C(C)Cl)nc2ccc(F)cc21. The van der Waals surface area contributed by atoms with E-state index in [0.717, 1.165) is 29.8 Å². The van der Waals surface area contributed by atoms with E-state index in [2.05, 4.69) is 23.4 Å². The second-order valence-electron chi connectivity index (χ2n) is 5.75. The third kappa shape index (κ3) is 3.76. The van der Waals surface area contributed by atoms with Crippen LogP contribution in [0, 0.1) is 11.7 Å². The number of alkyl halides is 1. The van der Waals surface area contributed by atoms with Crippen LogP contribution in [0.25, 0.3) is 11.0 Å². The van der Waals surface area contributed by atoms with Crippen LogP contribution in [0.5, 0.6) is 0 Å². The number of nitrogens with zero attached hydrogens (tertiary/aromatic N) is 2. The summed E-state index contributed by atoms with van der Waals surface area (Å²) in [6, 6.07) is 4.76. The highest BCUT2D eigenvalue weighted by atomic mass is 35.5. The molecule has 0 radical (unpaired) electrons. The van der Waals surface area contributed by atoms with E-state index < -0.39 is 0 Å². The molecule has 1 aromatic heterocycles. The Morgan fingerprint density at radius 2 is 2.10 bits per heavy atom. The molecule has 0 saturated heterocycles. The molecule has 0 fully saturated rings. The molecule has 2 rings (SSSR count). The third-order valence-electron chi connectivity index (χ3n) is 4.08. The highest BCUT2D eigenvalue weighted by Gasteiger charge is 2.18. The van der Waals surface area contributed by atoms with Gasteiger partial charge in [0.1, 0.15) is 11.6 Å². The zero-order valence-electron chi connectivity index (χ0n) is 13.1. The highest BCUT2D eigenvalue weighted by Crippen LogP contribution is 2.27.